The normalized spacial score (nSPS) is 9.95. The first kappa shape index (κ1) is 14.5. The second-order valence-corrected chi connectivity index (χ2v) is 4.20. The van der Waals surface area contributed by atoms with Crippen LogP contribution in [0.25, 0.3) is 0 Å². The Balaban J connectivity index is 2.25. The van der Waals surface area contributed by atoms with E-state index < -0.39 is 10.9 Å². The van der Waals surface area contributed by atoms with Gasteiger partial charge in [-0.3, -0.25) is 10.1 Å². The molecule has 6 heteroatoms. The summed E-state index contributed by atoms with van der Waals surface area (Å²) in [6.07, 6.45) is 0. The Bertz CT molecular complexity index is 654. The van der Waals surface area contributed by atoms with Crippen LogP contribution in [0.3, 0.4) is 0 Å². The summed E-state index contributed by atoms with van der Waals surface area (Å²) in [5, 5.41) is 10.8. The van der Waals surface area contributed by atoms with E-state index in [1.807, 2.05) is 30.3 Å². The zero-order chi connectivity index (χ0) is 15.2. The minimum atomic E-state index is -0.679. The number of esters is 1. The van der Waals surface area contributed by atoms with Crippen molar-refractivity contribution in [1.29, 1.82) is 0 Å². The highest BCUT2D eigenvalue weighted by Crippen LogP contribution is 2.25. The summed E-state index contributed by atoms with van der Waals surface area (Å²) in [6.45, 7) is 0.253. The van der Waals surface area contributed by atoms with Crippen molar-refractivity contribution < 1.29 is 19.2 Å². The van der Waals surface area contributed by atoms with Crippen molar-refractivity contribution in [3.05, 3.63) is 69.8 Å². The summed E-state index contributed by atoms with van der Waals surface area (Å²) in [5.74, 6) is -0.432. The molecule has 0 fully saturated rings. The fraction of sp³-hybridized carbons (Fsp3) is 0.133. The lowest BCUT2D eigenvalue weighted by atomic mass is 10.1. The Hall–Kier alpha value is -2.89. The van der Waals surface area contributed by atoms with Crippen molar-refractivity contribution >= 4 is 11.7 Å². The first-order valence-corrected chi connectivity index (χ1v) is 6.15. The number of rotatable bonds is 5. The van der Waals surface area contributed by atoms with Gasteiger partial charge in [0, 0.05) is 12.1 Å². The highest BCUT2D eigenvalue weighted by molar-refractivity contribution is 5.93. The van der Waals surface area contributed by atoms with Gasteiger partial charge in [-0.25, -0.2) is 4.79 Å². The number of benzene rings is 2. The number of nitrogens with zero attached hydrogens (tertiary/aromatic N) is 1. The molecule has 2 rings (SSSR count). The van der Waals surface area contributed by atoms with E-state index in [1.54, 1.807) is 0 Å². The largest absolute Gasteiger partial charge is 0.488 e. The Kier molecular flexibility index (Phi) is 4.50. The number of methoxy groups -OCH3 is 1. The molecule has 0 aliphatic carbocycles. The fourth-order valence-electron chi connectivity index (χ4n) is 1.76. The van der Waals surface area contributed by atoms with Gasteiger partial charge in [-0.2, -0.15) is 0 Å². The first-order valence-electron chi connectivity index (χ1n) is 6.15. The van der Waals surface area contributed by atoms with E-state index in [1.165, 1.54) is 19.2 Å². The number of carbonyl (C=O) groups excluding carboxylic acids is 1. The molecule has 0 radical (unpaired) electrons. The van der Waals surface area contributed by atoms with E-state index >= 15 is 0 Å². The minimum Gasteiger partial charge on any atom is -0.488 e. The van der Waals surface area contributed by atoms with Crippen molar-refractivity contribution in [3.63, 3.8) is 0 Å². The second kappa shape index (κ2) is 6.51. The number of hydrogen-bond acceptors (Lipinski definition) is 5. The van der Waals surface area contributed by atoms with E-state index in [9.17, 15) is 14.9 Å². The molecule has 108 valence electrons. The second-order valence-electron chi connectivity index (χ2n) is 4.20. The number of hydrogen-bond donors (Lipinski definition) is 0. The molecular weight excluding hydrogens is 274 g/mol. The molecule has 2 aromatic carbocycles. The quantitative estimate of drug-likeness (QED) is 0.480. The van der Waals surface area contributed by atoms with Gasteiger partial charge in [0.05, 0.1) is 12.0 Å². The van der Waals surface area contributed by atoms with Gasteiger partial charge in [-0.05, 0) is 11.6 Å². The lowest BCUT2D eigenvalue weighted by molar-refractivity contribution is -0.384. The predicted molar refractivity (Wildman–Crippen MR) is 75.2 cm³/mol. The van der Waals surface area contributed by atoms with Crippen LogP contribution in [0.2, 0.25) is 0 Å². The first-order chi connectivity index (χ1) is 10.1. The third-order valence-electron chi connectivity index (χ3n) is 2.82. The topological polar surface area (TPSA) is 78.7 Å². The molecule has 0 spiro atoms. The SMILES string of the molecule is COC(=O)c1cc([N+](=O)[O-])ccc1OCc1ccccc1. The molecular formula is C15H13NO5. The maximum absolute atomic E-state index is 11.7. The van der Waals surface area contributed by atoms with Crippen molar-refractivity contribution in [2.45, 2.75) is 6.61 Å². The maximum atomic E-state index is 11.7. The molecule has 2 aromatic rings. The summed E-state index contributed by atoms with van der Waals surface area (Å²) in [5.41, 5.74) is 0.761. The average molecular weight is 287 g/mol. The van der Waals surface area contributed by atoms with E-state index in [-0.39, 0.29) is 23.6 Å². The summed E-state index contributed by atoms with van der Waals surface area (Å²) in [7, 11) is 1.21. The van der Waals surface area contributed by atoms with Crippen LogP contribution in [0.1, 0.15) is 15.9 Å². The van der Waals surface area contributed by atoms with Crippen LogP contribution in [0, 0.1) is 10.1 Å². The number of nitro benzene ring substituents is 1. The maximum Gasteiger partial charge on any atom is 0.341 e. The van der Waals surface area contributed by atoms with Gasteiger partial charge in [0.25, 0.3) is 5.69 Å². The van der Waals surface area contributed by atoms with Crippen LogP contribution in [-0.2, 0) is 11.3 Å². The Morgan fingerprint density at radius 2 is 1.90 bits per heavy atom. The molecule has 0 atom stereocenters. The average Bonchev–Trinajstić information content (AvgIpc) is 2.52. The third kappa shape index (κ3) is 3.56. The molecule has 0 N–H and O–H groups in total. The van der Waals surface area contributed by atoms with Gasteiger partial charge in [0.1, 0.15) is 17.9 Å². The molecule has 0 saturated carbocycles. The van der Waals surface area contributed by atoms with Gasteiger partial charge in [0.2, 0.25) is 0 Å². The molecule has 0 amide bonds. The van der Waals surface area contributed by atoms with Gasteiger partial charge in [-0.15, -0.1) is 0 Å². The summed E-state index contributed by atoms with van der Waals surface area (Å²) in [4.78, 5) is 21.9. The fourth-order valence-corrected chi connectivity index (χ4v) is 1.76. The zero-order valence-corrected chi connectivity index (χ0v) is 11.3. The molecule has 0 aromatic heterocycles. The van der Waals surface area contributed by atoms with Crippen molar-refractivity contribution in [1.82, 2.24) is 0 Å². The summed E-state index contributed by atoms with van der Waals surface area (Å²) < 4.78 is 10.2. The van der Waals surface area contributed by atoms with Crippen molar-refractivity contribution in [3.8, 4) is 5.75 Å². The van der Waals surface area contributed by atoms with E-state index in [0.717, 1.165) is 11.6 Å². The molecule has 0 bridgehead atoms. The van der Waals surface area contributed by atoms with Gasteiger partial charge in [-0.1, -0.05) is 30.3 Å². The van der Waals surface area contributed by atoms with E-state index in [0.29, 0.717) is 0 Å². The predicted octanol–water partition coefficient (Wildman–Crippen LogP) is 2.96. The number of ether oxygens (including phenoxy) is 2. The molecule has 0 aliphatic rings. The standard InChI is InChI=1S/C15H13NO5/c1-20-15(17)13-9-12(16(18)19)7-8-14(13)21-10-11-5-3-2-4-6-11/h2-9H,10H2,1H3. The smallest absolute Gasteiger partial charge is 0.341 e. The highest BCUT2D eigenvalue weighted by Gasteiger charge is 2.18. The molecule has 6 nitrogen and oxygen atoms in total. The van der Waals surface area contributed by atoms with Crippen molar-refractivity contribution in [2.24, 2.45) is 0 Å². The molecule has 0 unspecified atom stereocenters. The Labute approximate surface area is 121 Å². The lowest BCUT2D eigenvalue weighted by Crippen LogP contribution is -2.06. The van der Waals surface area contributed by atoms with Crippen molar-refractivity contribution in [2.75, 3.05) is 7.11 Å². The molecule has 0 aliphatic heterocycles. The van der Waals surface area contributed by atoms with Crippen LogP contribution >= 0.6 is 0 Å². The summed E-state index contributed by atoms with van der Waals surface area (Å²) >= 11 is 0. The zero-order valence-electron chi connectivity index (χ0n) is 11.3. The van der Waals surface area contributed by atoms with E-state index in [4.69, 9.17) is 4.74 Å². The highest BCUT2D eigenvalue weighted by atomic mass is 16.6. The van der Waals surface area contributed by atoms with Crippen LogP contribution in [0.15, 0.2) is 48.5 Å². The van der Waals surface area contributed by atoms with Crippen LogP contribution < -0.4 is 4.74 Å². The number of non-ortho nitro benzene ring substituents is 1. The molecule has 21 heavy (non-hydrogen) atoms. The van der Waals surface area contributed by atoms with Gasteiger partial charge in [0.15, 0.2) is 0 Å². The Morgan fingerprint density at radius 3 is 2.52 bits per heavy atom. The number of carbonyl (C=O) groups is 1. The van der Waals surface area contributed by atoms with Gasteiger partial charge >= 0.3 is 5.97 Å². The Morgan fingerprint density at radius 1 is 1.19 bits per heavy atom. The van der Waals surface area contributed by atoms with Crippen LogP contribution in [-0.4, -0.2) is 18.0 Å². The summed E-state index contributed by atoms with van der Waals surface area (Å²) in [6, 6.07) is 13.2. The molecule has 0 heterocycles. The van der Waals surface area contributed by atoms with Gasteiger partial charge < -0.3 is 9.47 Å². The molecule has 0 saturated heterocycles. The minimum absolute atomic E-state index is 0.0302. The van der Waals surface area contributed by atoms with Crippen LogP contribution in [0.4, 0.5) is 5.69 Å². The lowest BCUT2D eigenvalue weighted by Gasteiger charge is -2.10. The van der Waals surface area contributed by atoms with Crippen LogP contribution in [0.5, 0.6) is 5.75 Å². The van der Waals surface area contributed by atoms with E-state index in [2.05, 4.69) is 4.74 Å². The number of nitro groups is 1. The third-order valence-corrected chi connectivity index (χ3v) is 2.82. The monoisotopic (exact) mass is 287 g/mol.